The number of sulfone groups is 1. The summed E-state index contributed by atoms with van der Waals surface area (Å²) in [7, 11) is -3.33. The van der Waals surface area contributed by atoms with Gasteiger partial charge in [-0.05, 0) is 23.8 Å². The van der Waals surface area contributed by atoms with Crippen molar-refractivity contribution in [2.75, 3.05) is 6.26 Å². The Morgan fingerprint density at radius 2 is 1.74 bits per heavy atom. The van der Waals surface area contributed by atoms with E-state index >= 15 is 0 Å². The lowest BCUT2D eigenvalue weighted by molar-refractivity contribution is 0.100. The van der Waals surface area contributed by atoms with Gasteiger partial charge in [0, 0.05) is 17.4 Å². The van der Waals surface area contributed by atoms with Crippen molar-refractivity contribution in [1.82, 2.24) is 0 Å². The molecule has 0 radical (unpaired) electrons. The van der Waals surface area contributed by atoms with Gasteiger partial charge in [-0.2, -0.15) is 0 Å². The lowest BCUT2D eigenvalue weighted by Gasteiger charge is -2.08. The number of rotatable bonds is 3. The highest BCUT2D eigenvalue weighted by Crippen LogP contribution is 2.27. The maximum Gasteiger partial charge on any atom is 0.248 e. The van der Waals surface area contributed by atoms with Crippen molar-refractivity contribution in [2.24, 2.45) is 5.73 Å². The lowest BCUT2D eigenvalue weighted by atomic mass is 10.0. The van der Waals surface area contributed by atoms with Crippen molar-refractivity contribution in [3.8, 4) is 11.1 Å². The normalized spacial score (nSPS) is 11.2. The second-order valence-electron chi connectivity index (χ2n) is 4.21. The molecule has 4 nitrogen and oxygen atoms in total. The molecule has 0 aliphatic heterocycles. The zero-order valence-electron chi connectivity index (χ0n) is 10.3. The Hall–Kier alpha value is -2.14. The molecule has 0 aromatic heterocycles. The van der Waals surface area contributed by atoms with Gasteiger partial charge in [-0.3, -0.25) is 4.79 Å². The van der Waals surface area contributed by atoms with E-state index in [1.807, 2.05) is 0 Å². The van der Waals surface area contributed by atoms with Crippen LogP contribution in [0.4, 0.5) is 0 Å². The van der Waals surface area contributed by atoms with E-state index in [1.165, 1.54) is 0 Å². The fraction of sp³-hybridized carbons (Fsp3) is 0.0714. The van der Waals surface area contributed by atoms with Gasteiger partial charge in [-0.1, -0.05) is 30.3 Å². The molecule has 0 saturated heterocycles. The Kier molecular flexibility index (Phi) is 3.40. The number of benzene rings is 2. The van der Waals surface area contributed by atoms with E-state index in [0.29, 0.717) is 16.7 Å². The molecule has 0 fully saturated rings. The van der Waals surface area contributed by atoms with E-state index in [0.717, 1.165) is 6.26 Å². The minimum Gasteiger partial charge on any atom is -0.366 e. The Balaban J connectivity index is 2.66. The number of nitrogens with two attached hydrogens (primary N) is 1. The van der Waals surface area contributed by atoms with Gasteiger partial charge in [-0.25, -0.2) is 8.42 Å². The Morgan fingerprint density at radius 1 is 1.05 bits per heavy atom. The van der Waals surface area contributed by atoms with Crippen LogP contribution in [0.15, 0.2) is 53.4 Å². The standard InChI is InChI=1S/C14H13NO3S/c1-19(17,18)13-8-3-2-7-12(13)10-5-4-6-11(9-10)14(15)16/h2-9H,1H3,(H2,15,16). The second kappa shape index (κ2) is 4.85. The minimum atomic E-state index is -3.33. The largest absolute Gasteiger partial charge is 0.366 e. The highest BCUT2D eigenvalue weighted by Gasteiger charge is 2.14. The molecule has 0 unspecified atom stereocenters. The molecular formula is C14H13NO3S. The summed E-state index contributed by atoms with van der Waals surface area (Å²) in [6.45, 7) is 0. The summed E-state index contributed by atoms with van der Waals surface area (Å²) < 4.78 is 23.5. The quantitative estimate of drug-likeness (QED) is 0.928. The number of hydrogen-bond acceptors (Lipinski definition) is 3. The highest BCUT2D eigenvalue weighted by molar-refractivity contribution is 7.90. The summed E-state index contributed by atoms with van der Waals surface area (Å²) in [4.78, 5) is 11.4. The fourth-order valence-electron chi connectivity index (χ4n) is 1.87. The van der Waals surface area contributed by atoms with E-state index in [9.17, 15) is 13.2 Å². The molecule has 19 heavy (non-hydrogen) atoms. The second-order valence-corrected chi connectivity index (χ2v) is 6.20. The Bertz CT molecular complexity index is 736. The van der Waals surface area contributed by atoms with Crippen LogP contribution < -0.4 is 5.73 Å². The smallest absolute Gasteiger partial charge is 0.248 e. The van der Waals surface area contributed by atoms with Crippen LogP contribution in [0, 0.1) is 0 Å². The molecule has 0 aliphatic carbocycles. The Morgan fingerprint density at radius 3 is 2.37 bits per heavy atom. The summed E-state index contributed by atoms with van der Waals surface area (Å²) in [5.41, 5.74) is 6.79. The molecule has 0 heterocycles. The first-order valence-electron chi connectivity index (χ1n) is 5.59. The van der Waals surface area contributed by atoms with Crippen LogP contribution in [-0.4, -0.2) is 20.6 Å². The van der Waals surface area contributed by atoms with Gasteiger partial charge in [0.15, 0.2) is 9.84 Å². The number of amides is 1. The van der Waals surface area contributed by atoms with E-state index in [4.69, 9.17) is 5.73 Å². The van der Waals surface area contributed by atoms with E-state index in [1.54, 1.807) is 48.5 Å². The lowest BCUT2D eigenvalue weighted by Crippen LogP contribution is -2.10. The van der Waals surface area contributed by atoms with E-state index in [-0.39, 0.29) is 4.90 Å². The molecule has 2 rings (SSSR count). The summed E-state index contributed by atoms with van der Waals surface area (Å²) in [6.07, 6.45) is 1.16. The minimum absolute atomic E-state index is 0.233. The maximum absolute atomic E-state index is 11.8. The molecule has 0 atom stereocenters. The highest BCUT2D eigenvalue weighted by atomic mass is 32.2. The molecule has 0 aliphatic rings. The van der Waals surface area contributed by atoms with Crippen LogP contribution in [0.25, 0.3) is 11.1 Å². The first-order chi connectivity index (χ1) is 8.89. The van der Waals surface area contributed by atoms with Crippen LogP contribution in [0.2, 0.25) is 0 Å². The van der Waals surface area contributed by atoms with Crippen LogP contribution in [-0.2, 0) is 9.84 Å². The van der Waals surface area contributed by atoms with Crippen LogP contribution in [0.3, 0.4) is 0 Å². The molecule has 0 bridgehead atoms. The van der Waals surface area contributed by atoms with Crippen molar-refractivity contribution in [1.29, 1.82) is 0 Å². The molecule has 0 saturated carbocycles. The van der Waals surface area contributed by atoms with Gasteiger partial charge in [0.1, 0.15) is 0 Å². The van der Waals surface area contributed by atoms with E-state index in [2.05, 4.69) is 0 Å². The Labute approximate surface area is 111 Å². The molecular weight excluding hydrogens is 262 g/mol. The maximum atomic E-state index is 11.8. The third-order valence-electron chi connectivity index (χ3n) is 2.74. The third kappa shape index (κ3) is 2.82. The summed E-state index contributed by atoms with van der Waals surface area (Å²) >= 11 is 0. The first-order valence-corrected chi connectivity index (χ1v) is 7.48. The SMILES string of the molecule is CS(=O)(=O)c1ccccc1-c1cccc(C(N)=O)c1. The first kappa shape index (κ1) is 13.3. The van der Waals surface area contributed by atoms with Crippen LogP contribution >= 0.6 is 0 Å². The van der Waals surface area contributed by atoms with Crippen LogP contribution in [0.5, 0.6) is 0 Å². The summed E-state index contributed by atoms with van der Waals surface area (Å²) in [5, 5.41) is 0. The van der Waals surface area contributed by atoms with Gasteiger partial charge in [0.2, 0.25) is 5.91 Å². The molecule has 2 aromatic carbocycles. The average molecular weight is 275 g/mol. The summed E-state index contributed by atoms with van der Waals surface area (Å²) in [5.74, 6) is -0.543. The molecule has 98 valence electrons. The number of carbonyl (C=O) groups excluding carboxylic acids is 1. The van der Waals surface area contributed by atoms with Crippen molar-refractivity contribution in [3.63, 3.8) is 0 Å². The van der Waals surface area contributed by atoms with Crippen molar-refractivity contribution < 1.29 is 13.2 Å². The fourth-order valence-corrected chi connectivity index (χ4v) is 2.78. The molecule has 2 aromatic rings. The van der Waals surface area contributed by atoms with Gasteiger partial charge in [-0.15, -0.1) is 0 Å². The number of primary amides is 1. The van der Waals surface area contributed by atoms with Crippen LogP contribution in [0.1, 0.15) is 10.4 Å². The van der Waals surface area contributed by atoms with Gasteiger partial charge in [0.05, 0.1) is 4.90 Å². The third-order valence-corrected chi connectivity index (χ3v) is 3.90. The van der Waals surface area contributed by atoms with E-state index < -0.39 is 15.7 Å². The predicted molar refractivity (Wildman–Crippen MR) is 73.5 cm³/mol. The van der Waals surface area contributed by atoms with Crippen molar-refractivity contribution >= 4 is 15.7 Å². The predicted octanol–water partition coefficient (Wildman–Crippen LogP) is 1.86. The monoisotopic (exact) mass is 275 g/mol. The van der Waals surface area contributed by atoms with Gasteiger partial charge in [0.25, 0.3) is 0 Å². The number of hydrogen-bond donors (Lipinski definition) is 1. The number of carbonyl (C=O) groups is 1. The molecule has 5 heteroatoms. The average Bonchev–Trinajstić information content (AvgIpc) is 2.38. The van der Waals surface area contributed by atoms with Crippen molar-refractivity contribution in [3.05, 3.63) is 54.1 Å². The summed E-state index contributed by atoms with van der Waals surface area (Å²) in [6, 6.07) is 13.3. The zero-order chi connectivity index (χ0) is 14.0. The molecule has 0 spiro atoms. The molecule has 2 N–H and O–H groups in total. The zero-order valence-corrected chi connectivity index (χ0v) is 11.1. The molecule has 1 amide bonds. The van der Waals surface area contributed by atoms with Gasteiger partial charge >= 0.3 is 0 Å². The topological polar surface area (TPSA) is 77.2 Å². The van der Waals surface area contributed by atoms with Crippen molar-refractivity contribution in [2.45, 2.75) is 4.90 Å². The van der Waals surface area contributed by atoms with Gasteiger partial charge < -0.3 is 5.73 Å².